The topological polar surface area (TPSA) is 149 Å². The number of β-amino-alcohol motifs (C(OH)–C–C–N with tert-alkyl or cyclic N) is 1. The van der Waals surface area contributed by atoms with E-state index < -0.39 is 48.6 Å². The van der Waals surface area contributed by atoms with Gasteiger partial charge in [-0.15, -0.1) is 0 Å². The quantitative estimate of drug-likeness (QED) is 0.222. The monoisotopic (exact) mass is 733 g/mol. The van der Waals surface area contributed by atoms with Gasteiger partial charge in [-0.3, -0.25) is 24.4 Å². The van der Waals surface area contributed by atoms with Crippen LogP contribution in [0, 0.1) is 11.7 Å². The fourth-order valence-corrected chi connectivity index (χ4v) is 6.83. The van der Waals surface area contributed by atoms with Crippen LogP contribution in [-0.4, -0.2) is 93.3 Å². The molecule has 2 aliphatic rings. The number of hydrogen-bond acceptors (Lipinski definition) is 9. The number of hydrogen-bond donors (Lipinski definition) is 2. The maximum Gasteiger partial charge on any atom is 0.415 e. The molecule has 1 saturated heterocycles. The number of nitrogens with two attached hydrogens (primary N) is 1. The third-order valence-electron chi connectivity index (χ3n) is 9.08. The van der Waals surface area contributed by atoms with Crippen LogP contribution < -0.4 is 15.4 Å². The molecule has 272 valence electrons. The van der Waals surface area contributed by atoms with Gasteiger partial charge in [0, 0.05) is 43.9 Å². The van der Waals surface area contributed by atoms with Crippen molar-refractivity contribution in [3.63, 3.8) is 0 Å². The summed E-state index contributed by atoms with van der Waals surface area (Å²) in [6.45, 7) is 3.18. The first kappa shape index (κ1) is 36.4. The molecule has 2 unspecified atom stereocenters. The fraction of sp³-hybridized carbons (Fsp3) is 0.441. The number of fused-ring (bicyclic) bond motifs is 2. The van der Waals surface area contributed by atoms with Gasteiger partial charge < -0.3 is 20.3 Å². The number of aliphatic hydroxyl groups is 1. The Kier molecular flexibility index (Phi) is 10.2. The highest BCUT2D eigenvalue weighted by Gasteiger charge is 2.41. The Hall–Kier alpha value is -4.38. The Labute approximate surface area is 295 Å². The molecular formula is C34H36ClF4N7O5. The van der Waals surface area contributed by atoms with Crippen molar-refractivity contribution in [3.05, 3.63) is 64.5 Å². The number of aromatic nitrogens is 4. The van der Waals surface area contributed by atoms with Gasteiger partial charge in [0.25, 0.3) is 11.8 Å². The maximum atomic E-state index is 14.7. The second kappa shape index (κ2) is 14.3. The summed E-state index contributed by atoms with van der Waals surface area (Å²) in [6, 6.07) is 5.67. The number of piperidine rings is 1. The molecule has 0 radical (unpaired) electrons. The summed E-state index contributed by atoms with van der Waals surface area (Å²) < 4.78 is 67.1. The van der Waals surface area contributed by atoms with Gasteiger partial charge in [-0.1, -0.05) is 31.5 Å². The van der Waals surface area contributed by atoms with Gasteiger partial charge in [0.2, 0.25) is 0 Å². The number of pyridine rings is 2. The first-order valence-electron chi connectivity index (χ1n) is 16.2. The third kappa shape index (κ3) is 7.36. The Morgan fingerprint density at radius 2 is 1.98 bits per heavy atom. The van der Waals surface area contributed by atoms with Crippen molar-refractivity contribution in [2.45, 2.75) is 57.7 Å². The predicted octanol–water partition coefficient (Wildman–Crippen LogP) is 4.69. The molecule has 5 heterocycles. The molecule has 1 fully saturated rings. The number of aliphatic hydroxyl groups excluding tert-OH is 1. The molecule has 17 heteroatoms. The molecule has 51 heavy (non-hydrogen) atoms. The molecule has 12 nitrogen and oxygen atoms in total. The smallest absolute Gasteiger partial charge is 0.415 e. The highest BCUT2D eigenvalue weighted by atomic mass is 35.5. The fourth-order valence-electron chi connectivity index (χ4n) is 6.68. The van der Waals surface area contributed by atoms with Crippen LogP contribution >= 0.6 is 11.6 Å². The lowest BCUT2D eigenvalue weighted by atomic mass is 9.92. The van der Waals surface area contributed by atoms with E-state index in [9.17, 15) is 32.3 Å². The van der Waals surface area contributed by atoms with Crippen molar-refractivity contribution in [1.82, 2.24) is 24.6 Å². The van der Waals surface area contributed by atoms with Crippen molar-refractivity contribution in [1.29, 1.82) is 0 Å². The largest absolute Gasteiger partial charge is 0.482 e. The lowest BCUT2D eigenvalue weighted by Crippen LogP contribution is -2.50. The van der Waals surface area contributed by atoms with E-state index >= 15 is 0 Å². The van der Waals surface area contributed by atoms with E-state index in [-0.39, 0.29) is 48.4 Å². The van der Waals surface area contributed by atoms with Gasteiger partial charge in [-0.2, -0.15) is 18.3 Å². The van der Waals surface area contributed by atoms with Crippen LogP contribution in [0.3, 0.4) is 0 Å². The van der Waals surface area contributed by atoms with E-state index in [4.69, 9.17) is 31.8 Å². The number of likely N-dealkylation sites (tertiary alicyclic amines) is 1. The number of halogens is 5. The second-order valence-corrected chi connectivity index (χ2v) is 13.5. The minimum absolute atomic E-state index is 0.0130. The number of ether oxygens (including phenoxy) is 2. The first-order chi connectivity index (χ1) is 24.2. The molecule has 0 spiro atoms. The average molecular weight is 734 g/mol. The number of amides is 2. The highest BCUT2D eigenvalue weighted by Crippen LogP contribution is 2.42. The number of primary amides is 1. The summed E-state index contributed by atoms with van der Waals surface area (Å²) in [5.74, 6) is -1.43. The van der Waals surface area contributed by atoms with E-state index in [2.05, 4.69) is 10.1 Å². The normalized spacial score (nSPS) is 19.0. The van der Waals surface area contributed by atoms with E-state index in [1.165, 1.54) is 23.1 Å². The number of alkyl halides is 3. The number of benzene rings is 1. The van der Waals surface area contributed by atoms with Crippen LogP contribution in [0.15, 0.2) is 36.7 Å². The molecule has 4 aromatic rings. The van der Waals surface area contributed by atoms with Crippen molar-refractivity contribution in [3.8, 4) is 16.9 Å². The Balaban J connectivity index is 1.42. The third-order valence-corrected chi connectivity index (χ3v) is 9.29. The van der Waals surface area contributed by atoms with Crippen LogP contribution in [0.1, 0.15) is 48.1 Å². The van der Waals surface area contributed by atoms with E-state index in [0.717, 1.165) is 6.07 Å². The molecule has 0 bridgehead atoms. The number of anilines is 1. The van der Waals surface area contributed by atoms with Gasteiger partial charge in [-0.05, 0) is 42.5 Å². The van der Waals surface area contributed by atoms with E-state index in [1.807, 2.05) is 13.8 Å². The minimum Gasteiger partial charge on any atom is -0.482 e. The SMILES string of the molecule is COC1CN(CC(O)C(F)(F)F)CC[C@@H]1n1ncc2c(-c3ccc4c(c3)OCC(=O)N4Cc3ncc(Cl)cc3F)c(C(N)=O)c(CC(C)C)nc21. The van der Waals surface area contributed by atoms with Crippen molar-refractivity contribution in [2.24, 2.45) is 11.7 Å². The number of carbonyl (C=O) groups is 2. The molecule has 2 amide bonds. The van der Waals surface area contributed by atoms with Gasteiger partial charge in [0.05, 0.1) is 52.5 Å². The Bertz CT molecular complexity index is 1970. The summed E-state index contributed by atoms with van der Waals surface area (Å²) in [5, 5.41) is 14.9. The minimum atomic E-state index is -4.75. The van der Waals surface area contributed by atoms with Crippen molar-refractivity contribution in [2.75, 3.05) is 38.3 Å². The zero-order valence-corrected chi connectivity index (χ0v) is 28.7. The molecule has 6 rings (SSSR count). The first-order valence-corrected chi connectivity index (χ1v) is 16.6. The molecule has 2 aliphatic heterocycles. The highest BCUT2D eigenvalue weighted by molar-refractivity contribution is 6.30. The zero-order valence-electron chi connectivity index (χ0n) is 28.0. The van der Waals surface area contributed by atoms with Crippen LogP contribution in [-0.2, 0) is 22.5 Å². The standard InChI is InChI=1S/C34H36ClF4N7O5/c1-17(2)8-22-31(32(40)49)30(18-4-5-24-26(9-18)51-16-29(48)45(24)13-23-21(36)10-19(35)11-41-23)20-12-42-46(33(20)43-22)25-6-7-44(14-27(25)50-3)15-28(47)34(37,38)39/h4-5,9-12,17,25,27-28,47H,6-8,13-16H2,1-3H3,(H2,40,49)/t25-,27?,28?/m0/s1. The van der Waals surface area contributed by atoms with Crippen molar-refractivity contribution < 1.29 is 41.7 Å². The van der Waals surface area contributed by atoms with Gasteiger partial charge in [-0.25, -0.2) is 14.1 Å². The maximum absolute atomic E-state index is 14.7. The summed E-state index contributed by atoms with van der Waals surface area (Å²) in [7, 11) is 1.46. The van der Waals surface area contributed by atoms with E-state index in [1.54, 1.807) is 29.1 Å². The number of carbonyl (C=O) groups excluding carboxylic acids is 2. The Morgan fingerprint density at radius 1 is 1.22 bits per heavy atom. The molecule has 3 N–H and O–H groups in total. The lowest BCUT2D eigenvalue weighted by Gasteiger charge is -2.38. The van der Waals surface area contributed by atoms with Crippen molar-refractivity contribution >= 4 is 40.1 Å². The summed E-state index contributed by atoms with van der Waals surface area (Å²) >= 11 is 5.86. The summed E-state index contributed by atoms with van der Waals surface area (Å²) in [6.07, 6.45) is -4.26. The zero-order chi connectivity index (χ0) is 36.8. The van der Waals surface area contributed by atoms with Crippen LogP contribution in [0.4, 0.5) is 23.2 Å². The van der Waals surface area contributed by atoms with Gasteiger partial charge in [0.15, 0.2) is 18.4 Å². The number of methoxy groups -OCH3 is 1. The van der Waals surface area contributed by atoms with Gasteiger partial charge in [0.1, 0.15) is 11.6 Å². The average Bonchev–Trinajstić information content (AvgIpc) is 3.48. The lowest BCUT2D eigenvalue weighted by molar-refractivity contribution is -0.210. The number of nitrogens with zero attached hydrogens (tertiary/aromatic N) is 6. The molecule has 1 aromatic carbocycles. The van der Waals surface area contributed by atoms with Crippen LogP contribution in [0.2, 0.25) is 5.02 Å². The Morgan fingerprint density at radius 3 is 2.65 bits per heavy atom. The molecule has 0 saturated carbocycles. The number of rotatable bonds is 10. The predicted molar refractivity (Wildman–Crippen MR) is 179 cm³/mol. The van der Waals surface area contributed by atoms with E-state index in [0.29, 0.717) is 52.1 Å². The molecular weight excluding hydrogens is 698 g/mol. The summed E-state index contributed by atoms with van der Waals surface area (Å²) in [4.78, 5) is 37.9. The molecule has 3 atom stereocenters. The molecule has 0 aliphatic carbocycles. The van der Waals surface area contributed by atoms with Crippen LogP contribution in [0.25, 0.3) is 22.2 Å². The molecule has 3 aromatic heterocycles. The van der Waals surface area contributed by atoms with Crippen LogP contribution in [0.5, 0.6) is 5.75 Å². The van der Waals surface area contributed by atoms with Gasteiger partial charge >= 0.3 is 6.18 Å². The summed E-state index contributed by atoms with van der Waals surface area (Å²) in [5.41, 5.74) is 8.39. The second-order valence-electron chi connectivity index (χ2n) is 13.1.